The highest BCUT2D eigenvalue weighted by molar-refractivity contribution is 5.26. The van der Waals surface area contributed by atoms with Crippen LogP contribution < -0.4 is 9.47 Å². The predicted molar refractivity (Wildman–Crippen MR) is 71.3 cm³/mol. The topological polar surface area (TPSA) is 64.5 Å². The summed E-state index contributed by atoms with van der Waals surface area (Å²) >= 11 is 0. The summed E-state index contributed by atoms with van der Waals surface area (Å²) < 4.78 is 10.3. The maximum Gasteiger partial charge on any atom is 0.241 e. The van der Waals surface area contributed by atoms with Gasteiger partial charge in [-0.2, -0.15) is 4.98 Å². The molecule has 1 atom stereocenters. The second-order valence-corrected chi connectivity index (χ2v) is 5.13. The highest BCUT2D eigenvalue weighted by atomic mass is 16.5. The molecular formula is C14H22N2O3. The van der Waals surface area contributed by atoms with Gasteiger partial charge in [-0.25, -0.2) is 4.98 Å². The molecule has 1 N–H and O–H groups in total. The van der Waals surface area contributed by atoms with Crippen LogP contribution in [0.25, 0.3) is 0 Å². The Bertz CT molecular complexity index is 431. The van der Waals surface area contributed by atoms with Crippen molar-refractivity contribution >= 4 is 0 Å². The van der Waals surface area contributed by atoms with Crippen molar-refractivity contribution in [2.24, 2.45) is 5.41 Å². The predicted octanol–water partition coefficient (Wildman–Crippen LogP) is 2.50. The van der Waals surface area contributed by atoms with Crippen molar-refractivity contribution in [1.29, 1.82) is 0 Å². The van der Waals surface area contributed by atoms with E-state index >= 15 is 0 Å². The van der Waals surface area contributed by atoms with Crippen LogP contribution in [0.15, 0.2) is 6.20 Å². The number of hydrogen-bond donors (Lipinski definition) is 1. The lowest BCUT2D eigenvalue weighted by atomic mass is 9.76. The molecule has 0 aliphatic heterocycles. The Morgan fingerprint density at radius 1 is 1.32 bits per heavy atom. The first-order valence-corrected chi connectivity index (χ1v) is 6.80. The summed E-state index contributed by atoms with van der Waals surface area (Å²) in [5.41, 5.74) is 0.434. The Kier molecular flexibility index (Phi) is 4.24. The maximum absolute atomic E-state index is 10.7. The molecule has 1 heterocycles. The Morgan fingerprint density at radius 2 is 2.00 bits per heavy atom. The van der Waals surface area contributed by atoms with Crippen molar-refractivity contribution in [3.63, 3.8) is 0 Å². The molecule has 1 aliphatic rings. The molecule has 106 valence electrons. The molecule has 2 rings (SSSR count). The van der Waals surface area contributed by atoms with Gasteiger partial charge in [0.05, 0.1) is 20.4 Å². The van der Waals surface area contributed by atoms with E-state index in [0.717, 1.165) is 32.1 Å². The van der Waals surface area contributed by atoms with Gasteiger partial charge in [0.15, 0.2) is 0 Å². The zero-order chi connectivity index (χ0) is 13.9. The second-order valence-electron chi connectivity index (χ2n) is 5.13. The monoisotopic (exact) mass is 266 g/mol. The molecule has 5 heteroatoms. The molecule has 1 fully saturated rings. The van der Waals surface area contributed by atoms with E-state index in [2.05, 4.69) is 16.9 Å². The van der Waals surface area contributed by atoms with Crippen LogP contribution in [0.4, 0.5) is 0 Å². The van der Waals surface area contributed by atoms with Crippen molar-refractivity contribution in [2.75, 3.05) is 14.2 Å². The summed E-state index contributed by atoms with van der Waals surface area (Å²) in [6, 6.07) is 0. The third-order valence-corrected chi connectivity index (χ3v) is 4.29. The van der Waals surface area contributed by atoms with Gasteiger partial charge < -0.3 is 14.6 Å². The van der Waals surface area contributed by atoms with Gasteiger partial charge in [0.25, 0.3) is 0 Å². The van der Waals surface area contributed by atoms with E-state index in [4.69, 9.17) is 9.47 Å². The number of aromatic nitrogens is 2. The lowest BCUT2D eigenvalue weighted by Gasteiger charge is -2.33. The van der Waals surface area contributed by atoms with Crippen molar-refractivity contribution < 1.29 is 14.6 Å². The van der Waals surface area contributed by atoms with E-state index in [9.17, 15) is 5.11 Å². The lowest BCUT2D eigenvalue weighted by molar-refractivity contribution is 0.0180. The molecule has 0 radical (unpaired) electrons. The number of methoxy groups -OCH3 is 2. The summed E-state index contributed by atoms with van der Waals surface area (Å²) in [6.45, 7) is 2.12. The van der Waals surface area contributed by atoms with Crippen LogP contribution in [0.3, 0.4) is 0 Å². The quantitative estimate of drug-likeness (QED) is 0.887. The van der Waals surface area contributed by atoms with Crippen molar-refractivity contribution in [3.05, 3.63) is 11.9 Å². The van der Waals surface area contributed by atoms with E-state index in [1.54, 1.807) is 0 Å². The Hall–Kier alpha value is -1.36. The first kappa shape index (κ1) is 14.1. The lowest BCUT2D eigenvalue weighted by Crippen LogP contribution is -2.26. The number of ether oxygens (including phenoxy) is 2. The minimum Gasteiger partial charge on any atom is -0.480 e. The zero-order valence-electron chi connectivity index (χ0n) is 11.8. The number of aliphatic hydroxyl groups excluding tert-OH is 1. The van der Waals surface area contributed by atoms with E-state index < -0.39 is 6.10 Å². The summed E-state index contributed by atoms with van der Waals surface area (Å²) in [7, 11) is 3.07. The second kappa shape index (κ2) is 5.74. The zero-order valence-corrected chi connectivity index (χ0v) is 11.8. The van der Waals surface area contributed by atoms with Crippen molar-refractivity contribution in [1.82, 2.24) is 9.97 Å². The molecule has 0 aromatic carbocycles. The normalized spacial score (nSPS) is 19.2. The van der Waals surface area contributed by atoms with Gasteiger partial charge in [-0.3, -0.25) is 0 Å². The smallest absolute Gasteiger partial charge is 0.241 e. The fourth-order valence-corrected chi connectivity index (χ4v) is 2.99. The Morgan fingerprint density at radius 3 is 2.53 bits per heavy atom. The van der Waals surface area contributed by atoms with Crippen LogP contribution in [0.1, 0.15) is 50.8 Å². The molecule has 1 aromatic heterocycles. The first-order chi connectivity index (χ1) is 9.16. The van der Waals surface area contributed by atoms with Crippen LogP contribution in [0, 0.1) is 5.41 Å². The van der Waals surface area contributed by atoms with Gasteiger partial charge in [-0.15, -0.1) is 0 Å². The molecule has 0 bridgehead atoms. The van der Waals surface area contributed by atoms with Crippen molar-refractivity contribution in [3.8, 4) is 11.8 Å². The molecule has 0 spiro atoms. The fourth-order valence-electron chi connectivity index (χ4n) is 2.99. The number of hydrogen-bond acceptors (Lipinski definition) is 5. The third-order valence-electron chi connectivity index (χ3n) is 4.29. The molecule has 1 aliphatic carbocycles. The van der Waals surface area contributed by atoms with E-state index in [1.807, 2.05) is 0 Å². The molecule has 1 saturated carbocycles. The fraction of sp³-hybridized carbons (Fsp3) is 0.714. The standard InChI is InChI=1S/C14H22N2O3/c1-4-14(7-5-6-8-14)12(17)11-13(19-3)16-10(18-2)9-15-11/h9,12,17H,4-8H2,1-3H3. The Balaban J connectivity index is 2.34. The first-order valence-electron chi connectivity index (χ1n) is 6.80. The highest BCUT2D eigenvalue weighted by Crippen LogP contribution is 2.50. The summed E-state index contributed by atoms with van der Waals surface area (Å²) in [4.78, 5) is 8.50. The molecular weight excluding hydrogens is 244 g/mol. The molecule has 0 saturated heterocycles. The van der Waals surface area contributed by atoms with Gasteiger partial charge in [0, 0.05) is 5.41 Å². The highest BCUT2D eigenvalue weighted by Gasteiger charge is 2.42. The molecule has 19 heavy (non-hydrogen) atoms. The average Bonchev–Trinajstić information content (AvgIpc) is 2.95. The van der Waals surface area contributed by atoms with Crippen molar-refractivity contribution in [2.45, 2.75) is 45.1 Å². The largest absolute Gasteiger partial charge is 0.480 e. The molecule has 1 aromatic rings. The van der Waals surface area contributed by atoms with Crippen LogP contribution in [-0.4, -0.2) is 29.3 Å². The number of nitrogens with zero attached hydrogens (tertiary/aromatic N) is 2. The minimum absolute atomic E-state index is 0.0868. The third kappa shape index (κ3) is 2.52. The SMILES string of the molecule is CCC1(C(O)c2ncc(OC)nc2OC)CCCC1. The van der Waals surface area contributed by atoms with E-state index in [-0.39, 0.29) is 5.41 Å². The summed E-state index contributed by atoms with van der Waals surface area (Å²) in [6.07, 6.45) is 6.22. The van der Waals surface area contributed by atoms with Gasteiger partial charge >= 0.3 is 0 Å². The van der Waals surface area contributed by atoms with Crippen LogP contribution in [0.5, 0.6) is 11.8 Å². The molecule has 0 amide bonds. The summed E-state index contributed by atoms with van der Waals surface area (Å²) in [5.74, 6) is 0.747. The van der Waals surface area contributed by atoms with E-state index in [1.165, 1.54) is 20.4 Å². The van der Waals surface area contributed by atoms with Crippen LogP contribution in [0.2, 0.25) is 0 Å². The van der Waals surface area contributed by atoms with Crippen LogP contribution in [-0.2, 0) is 0 Å². The minimum atomic E-state index is -0.631. The maximum atomic E-state index is 10.7. The molecule has 5 nitrogen and oxygen atoms in total. The number of rotatable bonds is 5. The van der Waals surface area contributed by atoms with Gasteiger partial charge in [-0.05, 0) is 19.3 Å². The van der Waals surface area contributed by atoms with Gasteiger partial charge in [-0.1, -0.05) is 19.8 Å². The molecule has 1 unspecified atom stereocenters. The van der Waals surface area contributed by atoms with Gasteiger partial charge in [0.2, 0.25) is 11.8 Å². The average molecular weight is 266 g/mol. The summed E-state index contributed by atoms with van der Waals surface area (Å²) in [5, 5.41) is 10.7. The van der Waals surface area contributed by atoms with Gasteiger partial charge in [0.1, 0.15) is 11.8 Å². The Labute approximate surface area is 114 Å². The van der Waals surface area contributed by atoms with E-state index in [0.29, 0.717) is 17.5 Å². The number of aliphatic hydroxyl groups is 1. The van der Waals surface area contributed by atoms with Crippen LogP contribution >= 0.6 is 0 Å².